The highest BCUT2D eigenvalue weighted by Crippen LogP contribution is 2.18. The first-order chi connectivity index (χ1) is 8.58. The second kappa shape index (κ2) is 5.14. The van der Waals surface area contributed by atoms with Crippen LogP contribution in [0.2, 0.25) is 5.02 Å². The van der Waals surface area contributed by atoms with Gasteiger partial charge >= 0.3 is 0 Å². The Morgan fingerprint density at radius 1 is 1.33 bits per heavy atom. The van der Waals surface area contributed by atoms with Crippen molar-refractivity contribution in [3.63, 3.8) is 0 Å². The van der Waals surface area contributed by atoms with Crippen LogP contribution in [0.25, 0.3) is 0 Å². The number of amides is 1. The molecule has 5 heteroatoms. The predicted octanol–water partition coefficient (Wildman–Crippen LogP) is 3.00. The molecule has 0 fully saturated rings. The summed E-state index contributed by atoms with van der Waals surface area (Å²) in [6, 6.07) is 3.48. The van der Waals surface area contributed by atoms with Crippen molar-refractivity contribution < 1.29 is 4.79 Å². The number of nitrogens with one attached hydrogen (secondary N) is 1. The second-order valence-corrected chi connectivity index (χ2v) is 4.36. The fraction of sp³-hybridized carbons (Fsp3) is 0.154. The first-order valence-electron chi connectivity index (χ1n) is 5.42. The molecule has 0 atom stereocenters. The van der Waals surface area contributed by atoms with Gasteiger partial charge < -0.3 is 5.32 Å². The largest absolute Gasteiger partial charge is 0.320 e. The van der Waals surface area contributed by atoms with Crippen LogP contribution in [0.3, 0.4) is 0 Å². The number of rotatable bonds is 2. The molecule has 2 heterocycles. The smallest absolute Gasteiger partial charge is 0.258 e. The molecule has 0 saturated carbocycles. The molecule has 0 unspecified atom stereocenters. The van der Waals surface area contributed by atoms with Crippen LogP contribution in [-0.4, -0.2) is 15.9 Å². The molecular weight excluding hydrogens is 250 g/mol. The van der Waals surface area contributed by atoms with Gasteiger partial charge in [-0.05, 0) is 31.5 Å². The SMILES string of the molecule is Cc1cc(Cl)c(C(=O)Nc2cnccc2C)cn1. The van der Waals surface area contributed by atoms with Crippen LogP contribution >= 0.6 is 11.6 Å². The number of halogens is 1. The van der Waals surface area contributed by atoms with Crippen LogP contribution in [0.15, 0.2) is 30.7 Å². The lowest BCUT2D eigenvalue weighted by Gasteiger charge is -2.08. The van der Waals surface area contributed by atoms with E-state index in [1.807, 2.05) is 19.9 Å². The van der Waals surface area contributed by atoms with Crippen LogP contribution in [0.4, 0.5) is 5.69 Å². The minimum atomic E-state index is -0.288. The molecule has 92 valence electrons. The summed E-state index contributed by atoms with van der Waals surface area (Å²) in [6.45, 7) is 3.71. The lowest BCUT2D eigenvalue weighted by atomic mass is 10.2. The number of aromatic nitrogens is 2. The molecule has 0 bridgehead atoms. The summed E-state index contributed by atoms with van der Waals surface area (Å²) in [5, 5.41) is 3.15. The van der Waals surface area contributed by atoms with Gasteiger partial charge in [-0.2, -0.15) is 0 Å². The van der Waals surface area contributed by atoms with E-state index in [2.05, 4.69) is 15.3 Å². The highest BCUT2D eigenvalue weighted by molar-refractivity contribution is 6.34. The van der Waals surface area contributed by atoms with Crippen LogP contribution in [0, 0.1) is 13.8 Å². The second-order valence-electron chi connectivity index (χ2n) is 3.95. The molecule has 1 N–H and O–H groups in total. The molecule has 2 rings (SSSR count). The third-order valence-corrected chi connectivity index (χ3v) is 2.83. The molecule has 0 aliphatic rings. The van der Waals surface area contributed by atoms with Crippen molar-refractivity contribution in [2.75, 3.05) is 5.32 Å². The number of carbonyl (C=O) groups excluding carboxylic acids is 1. The molecule has 2 aromatic rings. The van der Waals surface area contributed by atoms with Crippen LogP contribution in [0.1, 0.15) is 21.6 Å². The molecule has 0 spiro atoms. The molecule has 0 saturated heterocycles. The first kappa shape index (κ1) is 12.5. The van der Waals surface area contributed by atoms with Gasteiger partial charge in [0.05, 0.1) is 22.5 Å². The lowest BCUT2D eigenvalue weighted by Crippen LogP contribution is -2.14. The normalized spacial score (nSPS) is 10.2. The quantitative estimate of drug-likeness (QED) is 0.904. The van der Waals surface area contributed by atoms with Crippen molar-refractivity contribution >= 4 is 23.2 Å². The monoisotopic (exact) mass is 261 g/mol. The Hall–Kier alpha value is -1.94. The number of hydrogen-bond acceptors (Lipinski definition) is 3. The molecule has 0 aliphatic heterocycles. The summed E-state index contributed by atoms with van der Waals surface area (Å²) in [6.07, 6.45) is 4.74. The third-order valence-electron chi connectivity index (χ3n) is 2.52. The van der Waals surface area contributed by atoms with Gasteiger partial charge in [-0.25, -0.2) is 0 Å². The van der Waals surface area contributed by atoms with E-state index >= 15 is 0 Å². The molecule has 1 amide bonds. The van der Waals surface area contributed by atoms with E-state index in [1.165, 1.54) is 6.20 Å². The number of aryl methyl sites for hydroxylation is 2. The average Bonchev–Trinajstić information content (AvgIpc) is 2.32. The molecule has 0 radical (unpaired) electrons. The Morgan fingerprint density at radius 2 is 2.11 bits per heavy atom. The van der Waals surface area contributed by atoms with Crippen molar-refractivity contribution in [1.29, 1.82) is 0 Å². The first-order valence-corrected chi connectivity index (χ1v) is 5.80. The van der Waals surface area contributed by atoms with E-state index in [4.69, 9.17) is 11.6 Å². The Kier molecular flexibility index (Phi) is 3.58. The maximum Gasteiger partial charge on any atom is 0.258 e. The number of carbonyl (C=O) groups is 1. The summed E-state index contributed by atoms with van der Waals surface area (Å²) >= 11 is 6.01. The zero-order chi connectivity index (χ0) is 13.1. The van der Waals surface area contributed by atoms with Gasteiger partial charge in [-0.1, -0.05) is 11.6 Å². The maximum absolute atomic E-state index is 12.0. The standard InChI is InChI=1S/C13H12ClN3O/c1-8-3-4-15-7-12(8)17-13(18)10-6-16-9(2)5-11(10)14/h3-7H,1-2H3,(H,17,18). The Bertz CT molecular complexity index is 599. The van der Waals surface area contributed by atoms with E-state index in [9.17, 15) is 4.79 Å². The Morgan fingerprint density at radius 3 is 2.78 bits per heavy atom. The fourth-order valence-corrected chi connectivity index (χ4v) is 1.77. The fourth-order valence-electron chi connectivity index (χ4n) is 1.48. The Balaban J connectivity index is 2.25. The molecule has 18 heavy (non-hydrogen) atoms. The summed E-state index contributed by atoms with van der Waals surface area (Å²) in [5.74, 6) is -0.288. The molecule has 2 aromatic heterocycles. The number of anilines is 1. The van der Waals surface area contributed by atoms with Crippen LogP contribution < -0.4 is 5.32 Å². The average molecular weight is 262 g/mol. The van der Waals surface area contributed by atoms with Crippen molar-refractivity contribution in [2.24, 2.45) is 0 Å². The summed E-state index contributed by atoms with van der Waals surface area (Å²) in [4.78, 5) is 20.1. The zero-order valence-electron chi connectivity index (χ0n) is 10.1. The minimum Gasteiger partial charge on any atom is -0.320 e. The molecule has 0 aliphatic carbocycles. The van der Waals surface area contributed by atoms with Gasteiger partial charge in [0.25, 0.3) is 5.91 Å². The van der Waals surface area contributed by atoms with Gasteiger partial charge in [0.15, 0.2) is 0 Å². The topological polar surface area (TPSA) is 54.9 Å². The van der Waals surface area contributed by atoms with E-state index in [-0.39, 0.29) is 5.91 Å². The third kappa shape index (κ3) is 2.65. The number of pyridine rings is 2. The van der Waals surface area contributed by atoms with Crippen LogP contribution in [-0.2, 0) is 0 Å². The summed E-state index contributed by atoms with van der Waals surface area (Å²) in [7, 11) is 0. The van der Waals surface area contributed by atoms with E-state index < -0.39 is 0 Å². The predicted molar refractivity (Wildman–Crippen MR) is 70.9 cm³/mol. The molecule has 4 nitrogen and oxygen atoms in total. The Labute approximate surface area is 110 Å². The van der Waals surface area contributed by atoms with Gasteiger partial charge in [-0.3, -0.25) is 14.8 Å². The van der Waals surface area contributed by atoms with Crippen molar-refractivity contribution in [3.8, 4) is 0 Å². The summed E-state index contributed by atoms with van der Waals surface area (Å²) in [5.41, 5.74) is 2.73. The maximum atomic E-state index is 12.0. The van der Waals surface area contributed by atoms with Gasteiger partial charge in [0.1, 0.15) is 0 Å². The van der Waals surface area contributed by atoms with Crippen molar-refractivity contribution in [3.05, 3.63) is 52.6 Å². The highest BCUT2D eigenvalue weighted by Gasteiger charge is 2.12. The summed E-state index contributed by atoms with van der Waals surface area (Å²) < 4.78 is 0. The van der Waals surface area contributed by atoms with Gasteiger partial charge in [0.2, 0.25) is 0 Å². The lowest BCUT2D eigenvalue weighted by molar-refractivity contribution is 0.102. The van der Waals surface area contributed by atoms with Crippen LogP contribution in [0.5, 0.6) is 0 Å². The van der Waals surface area contributed by atoms with E-state index in [1.54, 1.807) is 18.5 Å². The highest BCUT2D eigenvalue weighted by atomic mass is 35.5. The van der Waals surface area contributed by atoms with E-state index in [0.29, 0.717) is 16.3 Å². The number of hydrogen-bond donors (Lipinski definition) is 1. The molecule has 0 aromatic carbocycles. The van der Waals surface area contributed by atoms with Crippen molar-refractivity contribution in [1.82, 2.24) is 9.97 Å². The van der Waals surface area contributed by atoms with Crippen molar-refractivity contribution in [2.45, 2.75) is 13.8 Å². The van der Waals surface area contributed by atoms with Gasteiger partial charge in [-0.15, -0.1) is 0 Å². The van der Waals surface area contributed by atoms with Gasteiger partial charge in [0, 0.05) is 18.1 Å². The molecular formula is C13H12ClN3O. The number of nitrogens with zero attached hydrogens (tertiary/aromatic N) is 2. The van der Waals surface area contributed by atoms with E-state index in [0.717, 1.165) is 11.3 Å². The zero-order valence-corrected chi connectivity index (χ0v) is 10.8. The minimum absolute atomic E-state index is 0.288.